The van der Waals surface area contributed by atoms with Crippen LogP contribution in [0.2, 0.25) is 0 Å². The van der Waals surface area contributed by atoms with E-state index < -0.39 is 0 Å². The molecule has 2 aromatic rings. The molecule has 168 valence electrons. The molecule has 0 aliphatic carbocycles. The lowest BCUT2D eigenvalue weighted by Crippen LogP contribution is -2.22. The Kier molecular flexibility index (Phi) is 12.0. The van der Waals surface area contributed by atoms with Crippen LogP contribution < -0.4 is 5.32 Å². The molecule has 1 atom stereocenters. The fourth-order valence-electron chi connectivity index (χ4n) is 3.36. The van der Waals surface area contributed by atoms with Gasteiger partial charge in [0.15, 0.2) is 0 Å². The maximum Gasteiger partial charge on any atom is 0.0842 e. The highest BCUT2D eigenvalue weighted by Crippen LogP contribution is 2.24. The highest BCUT2D eigenvalue weighted by molar-refractivity contribution is 5.86. The van der Waals surface area contributed by atoms with E-state index in [4.69, 9.17) is 9.47 Å². The number of benzene rings is 2. The van der Waals surface area contributed by atoms with Gasteiger partial charge < -0.3 is 14.8 Å². The summed E-state index contributed by atoms with van der Waals surface area (Å²) in [5.41, 5.74) is 8.59. The minimum atomic E-state index is 0. The first-order valence-electron chi connectivity index (χ1n) is 10.8. The molecule has 0 aliphatic rings. The number of nitrogens with zero attached hydrogens (tertiary/aromatic N) is 1. The van der Waals surface area contributed by atoms with Crippen molar-refractivity contribution in [2.45, 2.75) is 60.4 Å². The number of hydrogen-bond donors (Lipinski definition) is 1. The van der Waals surface area contributed by atoms with Crippen molar-refractivity contribution in [3.8, 4) is 0 Å². The minimum Gasteiger partial charge on any atom is -0.383 e. The zero-order chi connectivity index (χ0) is 22.5. The molecule has 2 aromatic carbocycles. The summed E-state index contributed by atoms with van der Waals surface area (Å²) in [5.74, 6) is 0. The summed E-state index contributed by atoms with van der Waals surface area (Å²) in [6.07, 6.45) is 2.07. The van der Waals surface area contributed by atoms with Gasteiger partial charge in [-0.05, 0) is 62.8 Å². The summed E-state index contributed by atoms with van der Waals surface area (Å²) in [6, 6.07) is 13.1. The van der Waals surface area contributed by atoms with Gasteiger partial charge >= 0.3 is 0 Å². The van der Waals surface area contributed by atoms with E-state index in [1.807, 2.05) is 6.92 Å². The van der Waals surface area contributed by atoms with Crippen LogP contribution in [-0.4, -0.2) is 39.2 Å². The van der Waals surface area contributed by atoms with Gasteiger partial charge in [-0.1, -0.05) is 50.2 Å². The highest BCUT2D eigenvalue weighted by atomic mass is 16.5. The van der Waals surface area contributed by atoms with Crippen LogP contribution in [0.3, 0.4) is 0 Å². The van der Waals surface area contributed by atoms with Gasteiger partial charge in [0.05, 0.1) is 18.9 Å². The van der Waals surface area contributed by atoms with Gasteiger partial charge in [-0.2, -0.15) is 0 Å². The summed E-state index contributed by atoms with van der Waals surface area (Å²) >= 11 is 0. The van der Waals surface area contributed by atoms with Crippen LogP contribution in [0.25, 0.3) is 0 Å². The van der Waals surface area contributed by atoms with Gasteiger partial charge in [0.1, 0.15) is 0 Å². The van der Waals surface area contributed by atoms with E-state index in [2.05, 4.69) is 81.3 Å². The lowest BCUT2D eigenvalue weighted by atomic mass is 10.1. The molecule has 0 heterocycles. The standard InChI is InChI=1S/C13H21NO.C13H19NO.H2/c2*1-5-12-8-6-7-10(2)13(12)14-11(3)9-15-4;/h6-8,11,14H,5,9H2,1-4H3;6-8H,5,9H2,1-4H3;1H. The van der Waals surface area contributed by atoms with Crippen molar-refractivity contribution < 1.29 is 10.9 Å². The summed E-state index contributed by atoms with van der Waals surface area (Å²) in [7, 11) is 3.42. The van der Waals surface area contributed by atoms with Crippen LogP contribution in [-0.2, 0) is 22.3 Å². The van der Waals surface area contributed by atoms with Crippen LogP contribution in [0.4, 0.5) is 11.4 Å². The topological polar surface area (TPSA) is 42.8 Å². The normalized spacial score (nSPS) is 12.2. The van der Waals surface area contributed by atoms with Gasteiger partial charge in [-0.25, -0.2) is 0 Å². The molecule has 30 heavy (non-hydrogen) atoms. The largest absolute Gasteiger partial charge is 0.383 e. The summed E-state index contributed by atoms with van der Waals surface area (Å²) < 4.78 is 10.2. The molecule has 0 radical (unpaired) electrons. The molecule has 0 aliphatic heterocycles. The first kappa shape index (κ1) is 25.9. The Bertz CT molecular complexity index is 806. The Morgan fingerprint density at radius 3 is 2.13 bits per heavy atom. The number of nitrogens with one attached hydrogen (secondary N) is 1. The van der Waals surface area contributed by atoms with Crippen LogP contribution in [0.15, 0.2) is 41.4 Å². The van der Waals surface area contributed by atoms with Crippen LogP contribution >= 0.6 is 0 Å². The van der Waals surface area contributed by atoms with E-state index in [9.17, 15) is 0 Å². The van der Waals surface area contributed by atoms with E-state index in [1.54, 1.807) is 14.2 Å². The second-order valence-electron chi connectivity index (χ2n) is 7.68. The van der Waals surface area contributed by atoms with E-state index in [0.717, 1.165) is 30.8 Å². The molecule has 0 amide bonds. The average molecular weight is 415 g/mol. The molecular formula is C26H42N2O2. The number of aryl methyl sites for hydroxylation is 4. The SMILES string of the molecule is CCc1cccc(C)c1N=C(C)COC.CCc1cccc(C)c1NC(C)COC.[HH]. The Balaban J connectivity index is 0.000000562. The van der Waals surface area contributed by atoms with E-state index in [-0.39, 0.29) is 1.43 Å². The van der Waals surface area contributed by atoms with Crippen LogP contribution in [0, 0.1) is 13.8 Å². The van der Waals surface area contributed by atoms with Crippen molar-refractivity contribution in [2.75, 3.05) is 32.8 Å². The quantitative estimate of drug-likeness (QED) is 0.473. The molecule has 4 heteroatoms. The predicted molar refractivity (Wildman–Crippen MR) is 133 cm³/mol. The second-order valence-corrected chi connectivity index (χ2v) is 7.68. The third-order valence-electron chi connectivity index (χ3n) is 4.91. The molecule has 0 bridgehead atoms. The zero-order valence-electron chi connectivity index (χ0n) is 20.1. The number of ether oxygens (including phenoxy) is 2. The van der Waals surface area contributed by atoms with Gasteiger partial charge in [0, 0.05) is 33.1 Å². The fourth-order valence-corrected chi connectivity index (χ4v) is 3.36. The molecular weight excluding hydrogens is 372 g/mol. The van der Waals surface area contributed by atoms with Gasteiger partial charge in [0.2, 0.25) is 0 Å². The molecule has 4 nitrogen and oxygen atoms in total. The first-order valence-corrected chi connectivity index (χ1v) is 10.8. The number of hydrogen-bond acceptors (Lipinski definition) is 4. The second kappa shape index (κ2) is 13.9. The molecule has 0 spiro atoms. The zero-order valence-corrected chi connectivity index (χ0v) is 20.1. The van der Waals surface area contributed by atoms with Crippen molar-refractivity contribution in [1.82, 2.24) is 0 Å². The molecule has 0 aromatic heterocycles. The van der Waals surface area contributed by atoms with Gasteiger partial charge in [0.25, 0.3) is 0 Å². The molecule has 0 saturated carbocycles. The third kappa shape index (κ3) is 8.29. The highest BCUT2D eigenvalue weighted by Gasteiger charge is 2.07. The van der Waals surface area contributed by atoms with E-state index in [1.165, 1.54) is 27.9 Å². The summed E-state index contributed by atoms with van der Waals surface area (Å²) in [6.45, 7) is 14.0. The fraction of sp³-hybridized carbons (Fsp3) is 0.500. The molecule has 0 fully saturated rings. The summed E-state index contributed by atoms with van der Waals surface area (Å²) in [4.78, 5) is 4.61. The van der Waals surface area contributed by atoms with Gasteiger partial charge in [-0.3, -0.25) is 4.99 Å². The number of anilines is 1. The van der Waals surface area contributed by atoms with Crippen molar-refractivity contribution in [1.29, 1.82) is 0 Å². The van der Waals surface area contributed by atoms with Crippen molar-refractivity contribution in [3.05, 3.63) is 58.7 Å². The summed E-state index contributed by atoms with van der Waals surface area (Å²) in [5, 5.41) is 3.51. The monoisotopic (exact) mass is 414 g/mol. The molecule has 1 N–H and O–H groups in total. The lowest BCUT2D eigenvalue weighted by molar-refractivity contribution is 0.190. The average Bonchev–Trinajstić information content (AvgIpc) is 2.72. The maximum atomic E-state index is 5.13. The maximum absolute atomic E-state index is 5.13. The molecule has 2 rings (SSSR count). The first-order chi connectivity index (χ1) is 14.4. The van der Waals surface area contributed by atoms with Crippen molar-refractivity contribution in [3.63, 3.8) is 0 Å². The number of methoxy groups -OCH3 is 2. The van der Waals surface area contributed by atoms with Crippen LogP contribution in [0.1, 0.15) is 51.4 Å². The Morgan fingerprint density at radius 1 is 0.967 bits per heavy atom. The number of aliphatic imine (C=N–C) groups is 1. The van der Waals surface area contributed by atoms with Crippen molar-refractivity contribution >= 4 is 17.1 Å². The van der Waals surface area contributed by atoms with Crippen LogP contribution in [0.5, 0.6) is 0 Å². The smallest absolute Gasteiger partial charge is 0.0842 e. The Morgan fingerprint density at radius 2 is 1.57 bits per heavy atom. The lowest BCUT2D eigenvalue weighted by Gasteiger charge is -2.19. The predicted octanol–water partition coefficient (Wildman–Crippen LogP) is 6.55. The molecule has 1 unspecified atom stereocenters. The van der Waals surface area contributed by atoms with Gasteiger partial charge in [-0.15, -0.1) is 0 Å². The number of rotatable bonds is 9. The van der Waals surface area contributed by atoms with Crippen molar-refractivity contribution in [2.24, 2.45) is 4.99 Å². The third-order valence-corrected chi connectivity index (χ3v) is 4.91. The number of para-hydroxylation sites is 2. The van der Waals surface area contributed by atoms with E-state index in [0.29, 0.717) is 12.6 Å². The minimum absolute atomic E-state index is 0. The Hall–Kier alpha value is -2.17. The van der Waals surface area contributed by atoms with E-state index >= 15 is 0 Å². The molecule has 0 saturated heterocycles. The Labute approximate surface area is 185 Å².